The predicted octanol–water partition coefficient (Wildman–Crippen LogP) is 2.09. The average molecular weight is 261 g/mol. The second-order valence-corrected chi connectivity index (χ2v) is 4.24. The van der Waals surface area contributed by atoms with Gasteiger partial charge in [-0.15, -0.1) is 0 Å². The third-order valence-corrected chi connectivity index (χ3v) is 3.00. The summed E-state index contributed by atoms with van der Waals surface area (Å²) in [7, 11) is 1.55. The first-order chi connectivity index (χ1) is 9.17. The first-order valence-corrected chi connectivity index (χ1v) is 5.87. The number of hydrogen-bond donors (Lipinski definition) is 2. The Bertz CT molecular complexity index is 574. The minimum atomic E-state index is -0.470. The lowest BCUT2D eigenvalue weighted by Gasteiger charge is -2.18. The van der Waals surface area contributed by atoms with Crippen molar-refractivity contribution in [1.82, 2.24) is 10.4 Å². The Kier molecular flexibility index (Phi) is 4.09. The van der Waals surface area contributed by atoms with Crippen molar-refractivity contribution in [3.63, 3.8) is 0 Å². The molecule has 0 saturated carbocycles. The number of halogens is 1. The molecule has 1 heterocycles. The quantitative estimate of drug-likeness (QED) is 0.653. The van der Waals surface area contributed by atoms with Crippen molar-refractivity contribution in [1.29, 1.82) is 0 Å². The topological polar surface area (TPSA) is 60.2 Å². The number of hydrogen-bond acceptors (Lipinski definition) is 4. The standard InChI is InChI=1S/C14H16FN3O/c1-9-4-3-5-12(13(9)15)14(18-16)10-6-11(19-2)8-17-7-10/h3-8,14,18H,16H2,1-2H3. The van der Waals surface area contributed by atoms with Gasteiger partial charge in [-0.05, 0) is 24.1 Å². The number of ether oxygens (including phenoxy) is 1. The molecule has 100 valence electrons. The molecule has 0 bridgehead atoms. The maximum absolute atomic E-state index is 14.2. The molecule has 19 heavy (non-hydrogen) atoms. The number of hydrazine groups is 1. The number of aromatic nitrogens is 1. The zero-order chi connectivity index (χ0) is 13.8. The molecule has 1 aromatic heterocycles. The van der Waals surface area contributed by atoms with Crippen LogP contribution in [0.2, 0.25) is 0 Å². The summed E-state index contributed by atoms with van der Waals surface area (Å²) in [5, 5.41) is 0. The third-order valence-electron chi connectivity index (χ3n) is 3.00. The summed E-state index contributed by atoms with van der Waals surface area (Å²) in [5.74, 6) is 5.89. The highest BCUT2D eigenvalue weighted by Crippen LogP contribution is 2.26. The number of benzene rings is 1. The van der Waals surface area contributed by atoms with Crippen LogP contribution < -0.4 is 16.0 Å². The number of nitrogens with two attached hydrogens (primary N) is 1. The van der Waals surface area contributed by atoms with E-state index in [1.165, 1.54) is 0 Å². The molecular weight excluding hydrogens is 245 g/mol. The second kappa shape index (κ2) is 5.77. The normalized spacial score (nSPS) is 12.2. The zero-order valence-corrected chi connectivity index (χ0v) is 10.9. The van der Waals surface area contributed by atoms with Crippen molar-refractivity contribution in [3.05, 3.63) is 59.2 Å². The van der Waals surface area contributed by atoms with Crippen molar-refractivity contribution in [2.75, 3.05) is 7.11 Å². The fraction of sp³-hybridized carbons (Fsp3) is 0.214. The third kappa shape index (κ3) is 2.72. The Balaban J connectivity index is 2.46. The minimum Gasteiger partial charge on any atom is -0.495 e. The van der Waals surface area contributed by atoms with E-state index in [2.05, 4.69) is 10.4 Å². The van der Waals surface area contributed by atoms with Crippen LogP contribution in [-0.2, 0) is 0 Å². The first-order valence-electron chi connectivity index (χ1n) is 5.87. The van der Waals surface area contributed by atoms with E-state index in [0.29, 0.717) is 16.9 Å². The van der Waals surface area contributed by atoms with Crippen LogP contribution in [0.4, 0.5) is 4.39 Å². The fourth-order valence-electron chi connectivity index (χ4n) is 1.96. The van der Waals surface area contributed by atoms with Crippen molar-refractivity contribution in [2.24, 2.45) is 5.84 Å². The molecule has 0 fully saturated rings. The summed E-state index contributed by atoms with van der Waals surface area (Å²) >= 11 is 0. The van der Waals surface area contributed by atoms with Gasteiger partial charge < -0.3 is 4.74 Å². The van der Waals surface area contributed by atoms with Gasteiger partial charge in [0.1, 0.15) is 11.6 Å². The first kappa shape index (κ1) is 13.5. The van der Waals surface area contributed by atoms with Crippen LogP contribution in [-0.4, -0.2) is 12.1 Å². The second-order valence-electron chi connectivity index (χ2n) is 4.24. The molecule has 1 atom stereocenters. The Labute approximate surface area is 111 Å². The van der Waals surface area contributed by atoms with Crippen LogP contribution in [0.15, 0.2) is 36.7 Å². The molecule has 5 heteroatoms. The molecule has 1 unspecified atom stereocenters. The van der Waals surface area contributed by atoms with Gasteiger partial charge in [-0.25, -0.2) is 9.82 Å². The van der Waals surface area contributed by atoms with E-state index in [4.69, 9.17) is 10.6 Å². The van der Waals surface area contributed by atoms with E-state index in [9.17, 15) is 4.39 Å². The Morgan fingerprint density at radius 2 is 2.16 bits per heavy atom. The maximum atomic E-state index is 14.2. The summed E-state index contributed by atoms with van der Waals surface area (Å²) in [4.78, 5) is 4.06. The van der Waals surface area contributed by atoms with Crippen LogP contribution in [0.5, 0.6) is 5.75 Å². The monoisotopic (exact) mass is 261 g/mol. The lowest BCUT2D eigenvalue weighted by Crippen LogP contribution is -2.29. The molecule has 0 radical (unpaired) electrons. The highest BCUT2D eigenvalue weighted by atomic mass is 19.1. The van der Waals surface area contributed by atoms with Crippen LogP contribution in [0.1, 0.15) is 22.7 Å². The Hall–Kier alpha value is -1.98. The number of aryl methyl sites for hydroxylation is 1. The van der Waals surface area contributed by atoms with Gasteiger partial charge in [0.2, 0.25) is 0 Å². The van der Waals surface area contributed by atoms with Gasteiger partial charge >= 0.3 is 0 Å². The predicted molar refractivity (Wildman–Crippen MR) is 71.1 cm³/mol. The summed E-state index contributed by atoms with van der Waals surface area (Å²) in [6.07, 6.45) is 3.22. The van der Waals surface area contributed by atoms with E-state index >= 15 is 0 Å². The highest BCUT2D eigenvalue weighted by Gasteiger charge is 2.18. The van der Waals surface area contributed by atoms with Crippen molar-refractivity contribution in [2.45, 2.75) is 13.0 Å². The highest BCUT2D eigenvalue weighted by molar-refractivity contribution is 5.36. The Morgan fingerprint density at radius 1 is 1.37 bits per heavy atom. The van der Waals surface area contributed by atoms with Gasteiger partial charge in [0.05, 0.1) is 19.3 Å². The van der Waals surface area contributed by atoms with Crippen molar-refractivity contribution in [3.8, 4) is 5.75 Å². The lowest BCUT2D eigenvalue weighted by molar-refractivity contribution is 0.411. The fourth-order valence-corrected chi connectivity index (χ4v) is 1.96. The zero-order valence-electron chi connectivity index (χ0n) is 10.9. The van der Waals surface area contributed by atoms with Crippen molar-refractivity contribution >= 4 is 0 Å². The van der Waals surface area contributed by atoms with E-state index < -0.39 is 6.04 Å². The van der Waals surface area contributed by atoms with E-state index in [1.54, 1.807) is 50.7 Å². The summed E-state index contributed by atoms with van der Waals surface area (Å²) in [6, 6.07) is 6.52. The SMILES string of the molecule is COc1cncc(C(NN)c2cccc(C)c2F)c1. The molecule has 3 N–H and O–H groups in total. The largest absolute Gasteiger partial charge is 0.495 e. The van der Waals surface area contributed by atoms with Gasteiger partial charge in [0.25, 0.3) is 0 Å². The Morgan fingerprint density at radius 3 is 2.84 bits per heavy atom. The molecular formula is C14H16FN3O. The lowest BCUT2D eigenvalue weighted by atomic mass is 9.98. The van der Waals surface area contributed by atoms with E-state index in [1.807, 2.05) is 0 Å². The van der Waals surface area contributed by atoms with Gasteiger partial charge in [0, 0.05) is 11.8 Å². The number of rotatable bonds is 4. The smallest absolute Gasteiger partial charge is 0.137 e. The molecule has 0 aliphatic rings. The maximum Gasteiger partial charge on any atom is 0.137 e. The average Bonchev–Trinajstić information content (AvgIpc) is 2.44. The van der Waals surface area contributed by atoms with Gasteiger partial charge in [-0.3, -0.25) is 10.8 Å². The molecule has 1 aromatic carbocycles. The van der Waals surface area contributed by atoms with Gasteiger partial charge in [0.15, 0.2) is 0 Å². The van der Waals surface area contributed by atoms with Gasteiger partial charge in [-0.2, -0.15) is 0 Å². The summed E-state index contributed by atoms with van der Waals surface area (Å²) in [5.41, 5.74) is 4.42. The molecule has 0 amide bonds. The number of nitrogens with one attached hydrogen (secondary N) is 1. The van der Waals surface area contributed by atoms with Crippen LogP contribution in [0.25, 0.3) is 0 Å². The molecule has 2 rings (SSSR count). The molecule has 4 nitrogen and oxygen atoms in total. The van der Waals surface area contributed by atoms with E-state index in [0.717, 1.165) is 5.56 Å². The van der Waals surface area contributed by atoms with Crippen LogP contribution >= 0.6 is 0 Å². The molecule has 0 spiro atoms. The number of nitrogens with zero attached hydrogens (tertiary/aromatic N) is 1. The summed E-state index contributed by atoms with van der Waals surface area (Å²) < 4.78 is 19.3. The summed E-state index contributed by atoms with van der Waals surface area (Å²) in [6.45, 7) is 1.72. The molecule has 0 aliphatic heterocycles. The molecule has 2 aromatic rings. The minimum absolute atomic E-state index is 0.270. The number of pyridine rings is 1. The molecule has 0 saturated heterocycles. The van der Waals surface area contributed by atoms with Gasteiger partial charge in [-0.1, -0.05) is 18.2 Å². The number of methoxy groups -OCH3 is 1. The van der Waals surface area contributed by atoms with Crippen LogP contribution in [0.3, 0.4) is 0 Å². The van der Waals surface area contributed by atoms with E-state index in [-0.39, 0.29) is 5.82 Å². The van der Waals surface area contributed by atoms with Crippen molar-refractivity contribution < 1.29 is 9.13 Å². The van der Waals surface area contributed by atoms with Crippen LogP contribution in [0, 0.1) is 12.7 Å². The molecule has 0 aliphatic carbocycles.